The number of carboxylic acid groups (broad SMARTS) is 1. The van der Waals surface area contributed by atoms with Gasteiger partial charge in [0.1, 0.15) is 6.04 Å². The summed E-state index contributed by atoms with van der Waals surface area (Å²) < 4.78 is 0. The van der Waals surface area contributed by atoms with Crippen LogP contribution in [0.1, 0.15) is 47.0 Å². The highest BCUT2D eigenvalue weighted by Gasteiger charge is 2.18. The third-order valence-corrected chi connectivity index (χ3v) is 2.45. The molecule has 94 valence electrons. The number of carbonyl (C=O) groups is 2. The zero-order valence-electron chi connectivity index (χ0n) is 10.6. The minimum absolute atomic E-state index is 0.164. The van der Waals surface area contributed by atoms with Gasteiger partial charge in [-0.25, -0.2) is 4.79 Å². The van der Waals surface area contributed by atoms with Crippen LogP contribution in [0.25, 0.3) is 0 Å². The number of hydrogen-bond donors (Lipinski definition) is 2. The molecule has 0 aromatic heterocycles. The van der Waals surface area contributed by atoms with E-state index in [1.54, 1.807) is 6.92 Å². The summed E-state index contributed by atoms with van der Waals surface area (Å²) in [6.45, 7) is 7.99. The molecule has 0 fully saturated rings. The van der Waals surface area contributed by atoms with Crippen LogP contribution in [-0.4, -0.2) is 23.0 Å². The van der Waals surface area contributed by atoms with Crippen LogP contribution in [0.15, 0.2) is 0 Å². The summed E-state index contributed by atoms with van der Waals surface area (Å²) in [4.78, 5) is 22.2. The maximum absolute atomic E-state index is 11.5. The van der Waals surface area contributed by atoms with E-state index in [1.165, 1.54) is 0 Å². The second kappa shape index (κ2) is 7.25. The van der Waals surface area contributed by atoms with Gasteiger partial charge < -0.3 is 10.4 Å². The summed E-state index contributed by atoms with van der Waals surface area (Å²) in [6, 6.07) is -0.751. The molecule has 2 unspecified atom stereocenters. The van der Waals surface area contributed by atoms with Gasteiger partial charge >= 0.3 is 5.97 Å². The summed E-state index contributed by atoms with van der Waals surface area (Å²) in [7, 11) is 0. The molecule has 0 saturated carbocycles. The Hall–Kier alpha value is -1.06. The Balaban J connectivity index is 4.02. The largest absolute Gasteiger partial charge is 0.480 e. The lowest BCUT2D eigenvalue weighted by molar-refractivity contribution is -0.142. The van der Waals surface area contributed by atoms with Crippen molar-refractivity contribution in [3.8, 4) is 0 Å². The van der Waals surface area contributed by atoms with E-state index in [9.17, 15) is 9.59 Å². The summed E-state index contributed by atoms with van der Waals surface area (Å²) in [5, 5.41) is 11.3. The SMILES string of the molecule is CCC(NC(=O)CC(C)CC(C)C)C(=O)O. The fraction of sp³-hybridized carbons (Fsp3) is 0.833. The molecule has 0 bridgehead atoms. The van der Waals surface area contributed by atoms with Gasteiger partial charge in [0.15, 0.2) is 0 Å². The fourth-order valence-electron chi connectivity index (χ4n) is 1.80. The van der Waals surface area contributed by atoms with Gasteiger partial charge in [-0.1, -0.05) is 27.7 Å². The Morgan fingerprint density at radius 3 is 2.19 bits per heavy atom. The van der Waals surface area contributed by atoms with Crippen LogP contribution >= 0.6 is 0 Å². The first kappa shape index (κ1) is 14.9. The average molecular weight is 229 g/mol. The van der Waals surface area contributed by atoms with Gasteiger partial charge in [-0.15, -0.1) is 0 Å². The van der Waals surface area contributed by atoms with Gasteiger partial charge in [-0.05, 0) is 24.7 Å². The second-order valence-electron chi connectivity index (χ2n) is 4.81. The van der Waals surface area contributed by atoms with Crippen molar-refractivity contribution in [2.45, 2.75) is 53.0 Å². The van der Waals surface area contributed by atoms with Gasteiger partial charge in [0.25, 0.3) is 0 Å². The number of hydrogen-bond acceptors (Lipinski definition) is 2. The van der Waals surface area contributed by atoms with E-state index in [0.29, 0.717) is 24.7 Å². The van der Waals surface area contributed by atoms with Crippen molar-refractivity contribution in [2.24, 2.45) is 11.8 Å². The molecule has 0 saturated heterocycles. The molecule has 0 heterocycles. The van der Waals surface area contributed by atoms with Crippen molar-refractivity contribution in [2.75, 3.05) is 0 Å². The Kier molecular flexibility index (Phi) is 6.77. The normalized spacial score (nSPS) is 14.6. The first-order valence-electron chi connectivity index (χ1n) is 5.88. The fourth-order valence-corrected chi connectivity index (χ4v) is 1.80. The number of carbonyl (C=O) groups excluding carboxylic acids is 1. The van der Waals surface area contributed by atoms with Crippen LogP contribution in [0.2, 0.25) is 0 Å². The Morgan fingerprint density at radius 1 is 1.25 bits per heavy atom. The van der Waals surface area contributed by atoms with Crippen molar-refractivity contribution in [1.29, 1.82) is 0 Å². The van der Waals surface area contributed by atoms with Gasteiger partial charge in [-0.3, -0.25) is 4.79 Å². The zero-order chi connectivity index (χ0) is 12.7. The van der Waals surface area contributed by atoms with E-state index in [1.807, 2.05) is 6.92 Å². The van der Waals surface area contributed by atoms with Crippen molar-refractivity contribution in [3.05, 3.63) is 0 Å². The molecule has 2 atom stereocenters. The summed E-state index contributed by atoms with van der Waals surface area (Å²) >= 11 is 0. The average Bonchev–Trinajstić information content (AvgIpc) is 2.11. The van der Waals surface area contributed by atoms with Crippen LogP contribution in [-0.2, 0) is 9.59 Å². The Bertz CT molecular complexity index is 238. The molecule has 0 aliphatic heterocycles. The second-order valence-corrected chi connectivity index (χ2v) is 4.81. The first-order valence-corrected chi connectivity index (χ1v) is 5.88. The third kappa shape index (κ3) is 6.43. The van der Waals surface area contributed by atoms with E-state index in [-0.39, 0.29) is 5.91 Å². The van der Waals surface area contributed by atoms with E-state index in [0.717, 1.165) is 6.42 Å². The highest BCUT2D eigenvalue weighted by Crippen LogP contribution is 2.14. The standard InChI is InChI=1S/C12H23NO3/c1-5-10(12(15)16)13-11(14)7-9(4)6-8(2)3/h8-10H,5-7H2,1-4H3,(H,13,14)(H,15,16). The van der Waals surface area contributed by atoms with Crippen LogP contribution in [0.4, 0.5) is 0 Å². The molecule has 16 heavy (non-hydrogen) atoms. The lowest BCUT2D eigenvalue weighted by Gasteiger charge is -2.16. The Morgan fingerprint density at radius 2 is 1.81 bits per heavy atom. The van der Waals surface area contributed by atoms with E-state index >= 15 is 0 Å². The molecule has 0 aromatic rings. The van der Waals surface area contributed by atoms with E-state index in [4.69, 9.17) is 5.11 Å². The highest BCUT2D eigenvalue weighted by atomic mass is 16.4. The van der Waals surface area contributed by atoms with Gasteiger partial charge in [0.05, 0.1) is 0 Å². The third-order valence-electron chi connectivity index (χ3n) is 2.45. The van der Waals surface area contributed by atoms with Gasteiger partial charge in [-0.2, -0.15) is 0 Å². The molecule has 4 nitrogen and oxygen atoms in total. The van der Waals surface area contributed by atoms with Crippen molar-refractivity contribution in [3.63, 3.8) is 0 Å². The molecule has 0 radical (unpaired) electrons. The lowest BCUT2D eigenvalue weighted by atomic mass is 9.95. The van der Waals surface area contributed by atoms with Crippen LogP contribution < -0.4 is 5.32 Å². The van der Waals surface area contributed by atoms with Crippen LogP contribution in [0, 0.1) is 11.8 Å². The summed E-state index contributed by atoms with van der Waals surface area (Å²) in [6.07, 6.45) is 1.80. The van der Waals surface area contributed by atoms with E-state index < -0.39 is 12.0 Å². The molecule has 0 rings (SSSR count). The van der Waals surface area contributed by atoms with Crippen molar-refractivity contribution in [1.82, 2.24) is 5.32 Å². The van der Waals surface area contributed by atoms with Crippen LogP contribution in [0.5, 0.6) is 0 Å². The minimum atomic E-state index is -0.965. The number of amides is 1. The summed E-state index contributed by atoms with van der Waals surface area (Å²) in [5.41, 5.74) is 0. The minimum Gasteiger partial charge on any atom is -0.480 e. The topological polar surface area (TPSA) is 66.4 Å². The molecule has 2 N–H and O–H groups in total. The molecular weight excluding hydrogens is 206 g/mol. The zero-order valence-corrected chi connectivity index (χ0v) is 10.6. The first-order chi connectivity index (χ1) is 7.36. The number of nitrogens with one attached hydrogen (secondary N) is 1. The quantitative estimate of drug-likeness (QED) is 0.702. The molecule has 0 aromatic carbocycles. The molecule has 0 aliphatic carbocycles. The lowest BCUT2D eigenvalue weighted by Crippen LogP contribution is -2.40. The van der Waals surface area contributed by atoms with E-state index in [2.05, 4.69) is 19.2 Å². The van der Waals surface area contributed by atoms with Crippen molar-refractivity contribution < 1.29 is 14.7 Å². The molecule has 0 aliphatic rings. The van der Waals surface area contributed by atoms with Crippen molar-refractivity contribution >= 4 is 11.9 Å². The number of rotatable bonds is 7. The molecule has 1 amide bonds. The van der Waals surface area contributed by atoms with Gasteiger partial charge in [0, 0.05) is 6.42 Å². The molecule has 0 spiro atoms. The number of carboxylic acids is 1. The van der Waals surface area contributed by atoms with Gasteiger partial charge in [0.2, 0.25) is 5.91 Å². The maximum atomic E-state index is 11.5. The predicted molar refractivity (Wildman–Crippen MR) is 63.1 cm³/mol. The molecule has 4 heteroatoms. The Labute approximate surface area is 97.4 Å². The highest BCUT2D eigenvalue weighted by molar-refractivity contribution is 5.83. The number of aliphatic carboxylic acids is 1. The smallest absolute Gasteiger partial charge is 0.326 e. The molecular formula is C12H23NO3. The maximum Gasteiger partial charge on any atom is 0.326 e. The monoisotopic (exact) mass is 229 g/mol. The van der Waals surface area contributed by atoms with Crippen LogP contribution in [0.3, 0.4) is 0 Å². The predicted octanol–water partition coefficient (Wildman–Crippen LogP) is 2.04. The summed E-state index contributed by atoms with van der Waals surface area (Å²) in [5.74, 6) is -0.273.